The number of nitrogens with one attached hydrogen (secondary N) is 1. The lowest BCUT2D eigenvalue weighted by atomic mass is 9.95. The summed E-state index contributed by atoms with van der Waals surface area (Å²) in [5.41, 5.74) is 0.766. The third-order valence-corrected chi connectivity index (χ3v) is 4.48. The molecule has 1 aliphatic rings. The Morgan fingerprint density at radius 1 is 1.45 bits per heavy atom. The molecule has 3 rings (SSSR count). The minimum absolute atomic E-state index is 0.336. The fourth-order valence-corrected chi connectivity index (χ4v) is 3.47. The van der Waals surface area contributed by atoms with Crippen molar-refractivity contribution in [1.29, 1.82) is 0 Å². The molecular weight excluding hydrogens is 276 g/mol. The van der Waals surface area contributed by atoms with Crippen molar-refractivity contribution in [1.82, 2.24) is 4.98 Å². The van der Waals surface area contributed by atoms with Crippen LogP contribution in [0.2, 0.25) is 0 Å². The Hall–Kier alpha value is -1.53. The molecule has 5 nitrogen and oxygen atoms in total. The molecule has 1 amide bonds. The highest BCUT2D eigenvalue weighted by atomic mass is 32.2. The third-order valence-electron chi connectivity index (χ3n) is 3.49. The molecule has 2 heterocycles. The van der Waals surface area contributed by atoms with Crippen molar-refractivity contribution in [2.75, 3.05) is 16.8 Å². The number of nitrogens with zero attached hydrogens (tertiary/aromatic N) is 1. The molecule has 20 heavy (non-hydrogen) atoms. The van der Waals surface area contributed by atoms with Crippen LogP contribution in [0.5, 0.6) is 0 Å². The molecule has 2 aromatic rings. The fourth-order valence-electron chi connectivity index (χ4n) is 2.30. The Kier molecular flexibility index (Phi) is 3.43. The summed E-state index contributed by atoms with van der Waals surface area (Å²) in [4.78, 5) is 16.4. The summed E-state index contributed by atoms with van der Waals surface area (Å²) in [7, 11) is 0. The number of aliphatic hydroxyl groups is 1. The number of fused-ring (bicyclic) bond motifs is 1. The van der Waals surface area contributed by atoms with Gasteiger partial charge in [0.1, 0.15) is 11.1 Å². The van der Waals surface area contributed by atoms with E-state index < -0.39 is 5.60 Å². The SMILES string of the molecule is Cc1nc2cc(NC(=O)C3(O)CCSCC3)ccc2o1. The standard InChI is InChI=1S/C14H16N2O3S/c1-9-15-11-8-10(2-3-12(11)19-9)16-13(17)14(18)4-6-20-7-5-14/h2-3,8,18H,4-7H2,1H3,(H,16,17). The van der Waals surface area contributed by atoms with E-state index in [-0.39, 0.29) is 5.91 Å². The van der Waals surface area contributed by atoms with E-state index in [0.717, 1.165) is 11.5 Å². The molecule has 106 valence electrons. The first kappa shape index (κ1) is 13.5. The van der Waals surface area contributed by atoms with Crippen LogP contribution in [0.25, 0.3) is 11.1 Å². The van der Waals surface area contributed by atoms with Gasteiger partial charge in [0.15, 0.2) is 11.5 Å². The molecule has 0 bridgehead atoms. The van der Waals surface area contributed by atoms with Crippen LogP contribution in [-0.4, -0.2) is 33.1 Å². The Balaban J connectivity index is 1.79. The van der Waals surface area contributed by atoms with Crippen LogP contribution in [-0.2, 0) is 4.79 Å². The molecule has 1 saturated heterocycles. The number of aromatic nitrogens is 1. The highest BCUT2D eigenvalue weighted by Crippen LogP contribution is 2.28. The molecule has 1 aromatic carbocycles. The van der Waals surface area contributed by atoms with Crippen molar-refractivity contribution in [3.8, 4) is 0 Å². The quantitative estimate of drug-likeness (QED) is 0.888. The minimum Gasteiger partial charge on any atom is -0.441 e. The molecule has 0 aliphatic carbocycles. The van der Waals surface area contributed by atoms with E-state index in [1.54, 1.807) is 36.9 Å². The van der Waals surface area contributed by atoms with Gasteiger partial charge in [-0.2, -0.15) is 11.8 Å². The van der Waals surface area contributed by atoms with Gasteiger partial charge in [-0.05, 0) is 42.5 Å². The van der Waals surface area contributed by atoms with Crippen LogP contribution in [0, 0.1) is 6.92 Å². The van der Waals surface area contributed by atoms with Crippen LogP contribution in [0.4, 0.5) is 5.69 Å². The zero-order chi connectivity index (χ0) is 14.2. The fraction of sp³-hybridized carbons (Fsp3) is 0.429. The molecule has 0 radical (unpaired) electrons. The summed E-state index contributed by atoms with van der Waals surface area (Å²) in [6.07, 6.45) is 0.990. The van der Waals surface area contributed by atoms with E-state index in [0.29, 0.717) is 35.5 Å². The summed E-state index contributed by atoms with van der Waals surface area (Å²) in [5, 5.41) is 13.1. The van der Waals surface area contributed by atoms with Crippen LogP contribution in [0.3, 0.4) is 0 Å². The molecule has 0 saturated carbocycles. The number of aryl methyl sites for hydroxylation is 1. The predicted molar refractivity (Wildman–Crippen MR) is 78.9 cm³/mol. The van der Waals surface area contributed by atoms with Crippen molar-refractivity contribution in [3.63, 3.8) is 0 Å². The lowest BCUT2D eigenvalue weighted by Crippen LogP contribution is -2.45. The number of benzene rings is 1. The lowest BCUT2D eigenvalue weighted by molar-refractivity contribution is -0.134. The molecule has 2 N–H and O–H groups in total. The summed E-state index contributed by atoms with van der Waals surface area (Å²) in [5.74, 6) is 1.88. The number of hydrogen-bond acceptors (Lipinski definition) is 5. The molecule has 1 fully saturated rings. The predicted octanol–water partition coefficient (Wildman–Crippen LogP) is 2.33. The van der Waals surface area contributed by atoms with Gasteiger partial charge < -0.3 is 14.8 Å². The van der Waals surface area contributed by atoms with Crippen molar-refractivity contribution < 1.29 is 14.3 Å². The topological polar surface area (TPSA) is 75.4 Å². The van der Waals surface area contributed by atoms with Crippen molar-refractivity contribution >= 4 is 34.5 Å². The Morgan fingerprint density at radius 3 is 2.95 bits per heavy atom. The van der Waals surface area contributed by atoms with E-state index in [4.69, 9.17) is 4.42 Å². The Morgan fingerprint density at radius 2 is 2.20 bits per heavy atom. The minimum atomic E-state index is -1.25. The average molecular weight is 292 g/mol. The van der Waals surface area contributed by atoms with Gasteiger partial charge in [0, 0.05) is 12.6 Å². The Labute approximate surface area is 120 Å². The van der Waals surface area contributed by atoms with E-state index in [1.165, 1.54) is 0 Å². The number of thioether (sulfide) groups is 1. The monoisotopic (exact) mass is 292 g/mol. The average Bonchev–Trinajstić information content (AvgIpc) is 2.79. The first-order valence-corrected chi connectivity index (χ1v) is 7.71. The molecular formula is C14H16N2O3S. The molecule has 0 unspecified atom stereocenters. The smallest absolute Gasteiger partial charge is 0.256 e. The van der Waals surface area contributed by atoms with Gasteiger partial charge in [-0.1, -0.05) is 0 Å². The Bertz CT molecular complexity index is 647. The van der Waals surface area contributed by atoms with E-state index in [1.807, 2.05) is 0 Å². The van der Waals surface area contributed by atoms with Crippen LogP contribution in [0.1, 0.15) is 18.7 Å². The highest BCUT2D eigenvalue weighted by Gasteiger charge is 2.37. The van der Waals surface area contributed by atoms with Crippen molar-refractivity contribution in [2.45, 2.75) is 25.4 Å². The molecule has 1 aliphatic heterocycles. The summed E-state index contributed by atoms with van der Waals surface area (Å²) >= 11 is 1.76. The van der Waals surface area contributed by atoms with Crippen LogP contribution in [0.15, 0.2) is 22.6 Å². The largest absolute Gasteiger partial charge is 0.441 e. The number of carbonyl (C=O) groups is 1. The maximum absolute atomic E-state index is 12.2. The van der Waals surface area contributed by atoms with Gasteiger partial charge in [0.05, 0.1) is 0 Å². The van der Waals surface area contributed by atoms with Gasteiger partial charge in [-0.15, -0.1) is 0 Å². The number of anilines is 1. The molecule has 0 atom stereocenters. The summed E-state index contributed by atoms with van der Waals surface area (Å²) in [6.45, 7) is 1.78. The van der Waals surface area contributed by atoms with Gasteiger partial charge in [-0.3, -0.25) is 4.79 Å². The van der Waals surface area contributed by atoms with Gasteiger partial charge in [-0.25, -0.2) is 4.98 Å². The van der Waals surface area contributed by atoms with Crippen LogP contribution >= 0.6 is 11.8 Å². The number of hydrogen-bond donors (Lipinski definition) is 2. The van der Waals surface area contributed by atoms with Crippen LogP contribution < -0.4 is 5.32 Å². The first-order chi connectivity index (χ1) is 9.57. The highest BCUT2D eigenvalue weighted by molar-refractivity contribution is 7.99. The number of carbonyl (C=O) groups excluding carboxylic acids is 1. The molecule has 0 spiro atoms. The zero-order valence-corrected chi connectivity index (χ0v) is 12.0. The van der Waals surface area contributed by atoms with Crippen molar-refractivity contribution in [2.24, 2.45) is 0 Å². The second kappa shape index (κ2) is 5.10. The van der Waals surface area contributed by atoms with Gasteiger partial charge >= 0.3 is 0 Å². The van der Waals surface area contributed by atoms with Gasteiger partial charge in [0.25, 0.3) is 5.91 Å². The first-order valence-electron chi connectivity index (χ1n) is 6.56. The van der Waals surface area contributed by atoms with Gasteiger partial charge in [0.2, 0.25) is 0 Å². The van der Waals surface area contributed by atoms with E-state index in [2.05, 4.69) is 10.3 Å². The normalized spacial score (nSPS) is 18.1. The molecule has 1 aromatic heterocycles. The second-order valence-electron chi connectivity index (χ2n) is 5.01. The lowest BCUT2D eigenvalue weighted by Gasteiger charge is -2.30. The number of rotatable bonds is 2. The third kappa shape index (κ3) is 2.53. The maximum atomic E-state index is 12.2. The number of oxazole rings is 1. The zero-order valence-electron chi connectivity index (χ0n) is 11.2. The maximum Gasteiger partial charge on any atom is 0.256 e. The second-order valence-corrected chi connectivity index (χ2v) is 6.24. The van der Waals surface area contributed by atoms with E-state index in [9.17, 15) is 9.90 Å². The number of amides is 1. The van der Waals surface area contributed by atoms with E-state index >= 15 is 0 Å². The molecule has 6 heteroatoms. The van der Waals surface area contributed by atoms with Crippen molar-refractivity contribution in [3.05, 3.63) is 24.1 Å². The summed E-state index contributed by atoms with van der Waals surface area (Å²) in [6, 6.07) is 5.28. The summed E-state index contributed by atoms with van der Waals surface area (Å²) < 4.78 is 5.39.